The highest BCUT2D eigenvalue weighted by atomic mass is 16.5. The molecule has 0 spiro atoms. The zero-order chi connectivity index (χ0) is 17.1. The van der Waals surface area contributed by atoms with Crippen molar-refractivity contribution >= 4 is 6.03 Å². The van der Waals surface area contributed by atoms with E-state index >= 15 is 0 Å². The number of pyridine rings is 1. The molecule has 0 unspecified atom stereocenters. The Morgan fingerprint density at radius 1 is 1.54 bits per heavy atom. The van der Waals surface area contributed by atoms with Crippen LogP contribution in [0.1, 0.15) is 18.4 Å². The molecule has 2 fully saturated rings. The first-order chi connectivity index (χ1) is 11.6. The molecule has 7 heteroatoms. The fourth-order valence-electron chi connectivity index (χ4n) is 3.60. The van der Waals surface area contributed by atoms with Crippen LogP contribution in [-0.2, 0) is 11.3 Å². The maximum Gasteiger partial charge on any atom is 0.317 e. The van der Waals surface area contributed by atoms with Gasteiger partial charge in [-0.1, -0.05) is 6.07 Å². The molecule has 2 aliphatic rings. The van der Waals surface area contributed by atoms with E-state index in [9.17, 15) is 4.79 Å². The van der Waals surface area contributed by atoms with E-state index in [2.05, 4.69) is 15.2 Å². The predicted molar refractivity (Wildman–Crippen MR) is 90.0 cm³/mol. The maximum atomic E-state index is 12.0. The lowest BCUT2D eigenvalue weighted by Gasteiger charge is -2.32. The Kier molecular flexibility index (Phi) is 5.20. The van der Waals surface area contributed by atoms with Crippen LogP contribution in [0.4, 0.5) is 4.79 Å². The topological polar surface area (TPSA) is 66.9 Å². The number of carbonyl (C=O) groups excluding carboxylic acids is 1. The highest BCUT2D eigenvalue weighted by Gasteiger charge is 2.44. The van der Waals surface area contributed by atoms with Gasteiger partial charge in [0.2, 0.25) is 5.88 Å². The minimum atomic E-state index is -0.0752. The number of fused-ring (bicyclic) bond motifs is 1. The number of hydrogen-bond acceptors (Lipinski definition) is 5. The van der Waals surface area contributed by atoms with Gasteiger partial charge in [0.1, 0.15) is 0 Å². The Morgan fingerprint density at radius 2 is 2.38 bits per heavy atom. The molecule has 2 aliphatic heterocycles. The number of nitrogens with zero attached hydrogens (tertiary/aromatic N) is 3. The van der Waals surface area contributed by atoms with Gasteiger partial charge in [-0.3, -0.25) is 4.90 Å². The van der Waals surface area contributed by atoms with Crippen molar-refractivity contribution < 1.29 is 14.3 Å². The first-order valence-corrected chi connectivity index (χ1v) is 8.41. The molecule has 1 aromatic rings. The minimum Gasteiger partial charge on any atom is -0.481 e. The molecule has 1 N–H and O–H groups in total. The van der Waals surface area contributed by atoms with Gasteiger partial charge in [-0.2, -0.15) is 0 Å². The summed E-state index contributed by atoms with van der Waals surface area (Å²) in [5, 5.41) is 3.10. The summed E-state index contributed by atoms with van der Waals surface area (Å²) in [7, 11) is 5.14. The number of aromatic nitrogens is 1. The van der Waals surface area contributed by atoms with E-state index in [1.54, 1.807) is 32.3 Å². The molecule has 0 bridgehead atoms. The Hall–Kier alpha value is -1.86. The molecule has 0 radical (unpaired) electrons. The van der Waals surface area contributed by atoms with Crippen LogP contribution in [0.25, 0.3) is 0 Å². The zero-order valence-electron chi connectivity index (χ0n) is 14.6. The summed E-state index contributed by atoms with van der Waals surface area (Å²) in [6.07, 6.45) is 3.92. The lowest BCUT2D eigenvalue weighted by atomic mass is 10.0. The molecule has 3 atom stereocenters. The molecule has 0 aromatic carbocycles. The molecular weight excluding hydrogens is 308 g/mol. The molecule has 24 heavy (non-hydrogen) atoms. The average molecular weight is 334 g/mol. The van der Waals surface area contributed by atoms with Crippen LogP contribution >= 0.6 is 0 Å². The first-order valence-electron chi connectivity index (χ1n) is 8.41. The Morgan fingerprint density at radius 3 is 3.12 bits per heavy atom. The summed E-state index contributed by atoms with van der Waals surface area (Å²) in [4.78, 5) is 20.3. The third-order valence-corrected chi connectivity index (χ3v) is 4.76. The molecule has 3 heterocycles. The summed E-state index contributed by atoms with van der Waals surface area (Å²) in [5.74, 6) is 0.659. The molecular formula is C17H26N4O3. The van der Waals surface area contributed by atoms with Crippen LogP contribution in [0.15, 0.2) is 18.3 Å². The average Bonchev–Trinajstić information content (AvgIpc) is 2.93. The van der Waals surface area contributed by atoms with Gasteiger partial charge in [0.15, 0.2) is 0 Å². The highest BCUT2D eigenvalue weighted by Crippen LogP contribution is 2.31. The van der Waals surface area contributed by atoms with E-state index in [0.29, 0.717) is 11.9 Å². The van der Waals surface area contributed by atoms with Gasteiger partial charge in [0, 0.05) is 51.6 Å². The number of amides is 2. The van der Waals surface area contributed by atoms with Crippen molar-refractivity contribution in [2.24, 2.45) is 0 Å². The SMILES string of the molecule is COc1ncccc1CN1C[C@@H](NC(=O)N(C)C)[C@H]2OCCC[C@H]21. The second kappa shape index (κ2) is 7.36. The van der Waals surface area contributed by atoms with E-state index < -0.39 is 0 Å². The second-order valence-electron chi connectivity index (χ2n) is 6.60. The van der Waals surface area contributed by atoms with Crippen LogP contribution < -0.4 is 10.1 Å². The molecule has 2 saturated heterocycles. The van der Waals surface area contributed by atoms with Crippen molar-refractivity contribution in [3.05, 3.63) is 23.9 Å². The summed E-state index contributed by atoms with van der Waals surface area (Å²) in [5.41, 5.74) is 1.06. The standard InChI is InChI=1S/C17H26N4O3/c1-20(2)17(22)19-13-11-21(14-7-5-9-24-15(13)14)10-12-6-4-8-18-16(12)23-3/h4,6,8,13-15H,5,7,9-11H2,1-3H3,(H,19,22)/t13-,14-,15-/m1/s1. The predicted octanol–water partition coefficient (Wildman–Crippen LogP) is 1.09. The zero-order valence-corrected chi connectivity index (χ0v) is 14.6. The molecule has 7 nitrogen and oxygen atoms in total. The third kappa shape index (κ3) is 3.47. The number of carbonyl (C=O) groups is 1. The van der Waals surface area contributed by atoms with Crippen molar-refractivity contribution in [1.29, 1.82) is 0 Å². The molecule has 1 aromatic heterocycles. The van der Waals surface area contributed by atoms with E-state index in [1.807, 2.05) is 12.1 Å². The van der Waals surface area contributed by atoms with Crippen LogP contribution in [0.5, 0.6) is 5.88 Å². The number of nitrogens with one attached hydrogen (secondary N) is 1. The summed E-state index contributed by atoms with van der Waals surface area (Å²) in [6, 6.07) is 4.21. The molecule has 0 aliphatic carbocycles. The van der Waals surface area contributed by atoms with Crippen LogP contribution in [0.2, 0.25) is 0 Å². The number of ether oxygens (including phenoxy) is 2. The van der Waals surface area contributed by atoms with Crippen LogP contribution in [0.3, 0.4) is 0 Å². The number of urea groups is 1. The number of rotatable bonds is 4. The van der Waals surface area contributed by atoms with Gasteiger partial charge in [0.05, 0.1) is 19.3 Å². The van der Waals surface area contributed by atoms with E-state index in [4.69, 9.17) is 9.47 Å². The minimum absolute atomic E-state index is 0.00728. The summed E-state index contributed by atoms with van der Waals surface area (Å²) >= 11 is 0. The number of likely N-dealkylation sites (tertiary alicyclic amines) is 1. The quantitative estimate of drug-likeness (QED) is 0.893. The van der Waals surface area contributed by atoms with E-state index in [0.717, 1.165) is 38.1 Å². The fourth-order valence-corrected chi connectivity index (χ4v) is 3.60. The molecule has 0 saturated carbocycles. The lowest BCUT2D eigenvalue weighted by Crippen LogP contribution is -2.50. The second-order valence-corrected chi connectivity index (χ2v) is 6.60. The van der Waals surface area contributed by atoms with Crippen molar-refractivity contribution in [1.82, 2.24) is 20.1 Å². The Bertz CT molecular complexity index is 581. The van der Waals surface area contributed by atoms with Gasteiger partial charge in [0.25, 0.3) is 0 Å². The van der Waals surface area contributed by atoms with Gasteiger partial charge in [-0.15, -0.1) is 0 Å². The van der Waals surface area contributed by atoms with Gasteiger partial charge < -0.3 is 19.7 Å². The van der Waals surface area contributed by atoms with Crippen LogP contribution in [0, 0.1) is 0 Å². The first kappa shape index (κ1) is 17.0. The number of methoxy groups -OCH3 is 1. The smallest absolute Gasteiger partial charge is 0.317 e. The monoisotopic (exact) mass is 334 g/mol. The van der Waals surface area contributed by atoms with Crippen LogP contribution in [-0.4, -0.2) is 73.4 Å². The number of hydrogen-bond donors (Lipinski definition) is 1. The largest absolute Gasteiger partial charge is 0.481 e. The fraction of sp³-hybridized carbons (Fsp3) is 0.647. The Labute approximate surface area is 142 Å². The van der Waals surface area contributed by atoms with Gasteiger partial charge in [-0.05, 0) is 18.9 Å². The highest BCUT2D eigenvalue weighted by molar-refractivity contribution is 5.74. The van der Waals surface area contributed by atoms with Crippen molar-refractivity contribution in [2.45, 2.75) is 37.6 Å². The summed E-state index contributed by atoms with van der Waals surface area (Å²) < 4.78 is 11.4. The lowest BCUT2D eigenvalue weighted by molar-refractivity contribution is -0.0208. The maximum absolute atomic E-state index is 12.0. The van der Waals surface area contributed by atoms with Crippen molar-refractivity contribution in [3.8, 4) is 5.88 Å². The normalized spacial score (nSPS) is 26.7. The van der Waals surface area contributed by atoms with Crippen molar-refractivity contribution in [2.75, 3.05) is 34.4 Å². The van der Waals surface area contributed by atoms with Gasteiger partial charge >= 0.3 is 6.03 Å². The van der Waals surface area contributed by atoms with Crippen molar-refractivity contribution in [3.63, 3.8) is 0 Å². The molecule has 2 amide bonds. The Balaban J connectivity index is 1.74. The third-order valence-electron chi connectivity index (χ3n) is 4.76. The van der Waals surface area contributed by atoms with E-state index in [-0.39, 0.29) is 18.2 Å². The summed E-state index contributed by atoms with van der Waals surface area (Å²) in [6.45, 7) is 2.28. The van der Waals surface area contributed by atoms with Gasteiger partial charge in [-0.25, -0.2) is 9.78 Å². The van der Waals surface area contributed by atoms with E-state index in [1.165, 1.54) is 0 Å². The molecule has 3 rings (SSSR count). The molecule has 132 valence electrons.